The first-order valence-corrected chi connectivity index (χ1v) is 9.13. The predicted molar refractivity (Wildman–Crippen MR) is 96.6 cm³/mol. The van der Waals surface area contributed by atoms with Crippen molar-refractivity contribution in [3.05, 3.63) is 23.9 Å². The van der Waals surface area contributed by atoms with Gasteiger partial charge in [0, 0.05) is 52.0 Å². The zero-order valence-corrected chi connectivity index (χ0v) is 14.7. The molecule has 6 heteroatoms. The molecule has 2 aliphatic rings. The number of likely N-dealkylation sites (N-methyl/N-ethyl adjacent to an activating group) is 1. The maximum Gasteiger partial charge on any atom is 0.255 e. The van der Waals surface area contributed by atoms with E-state index in [4.69, 9.17) is 0 Å². The van der Waals surface area contributed by atoms with Crippen LogP contribution in [0.5, 0.6) is 0 Å². The molecule has 3 heterocycles. The van der Waals surface area contributed by atoms with Crippen LogP contribution in [0, 0.1) is 0 Å². The zero-order valence-electron chi connectivity index (χ0n) is 14.7. The van der Waals surface area contributed by atoms with E-state index in [1.165, 1.54) is 12.8 Å². The highest BCUT2D eigenvalue weighted by Crippen LogP contribution is 2.21. The van der Waals surface area contributed by atoms with Crippen LogP contribution in [0.25, 0.3) is 0 Å². The van der Waals surface area contributed by atoms with Gasteiger partial charge in [0.1, 0.15) is 5.82 Å². The van der Waals surface area contributed by atoms with E-state index in [9.17, 15) is 4.79 Å². The van der Waals surface area contributed by atoms with Crippen LogP contribution < -0.4 is 10.2 Å². The third-order valence-electron chi connectivity index (χ3n) is 4.97. The minimum absolute atomic E-state index is 0.00313. The summed E-state index contributed by atoms with van der Waals surface area (Å²) in [5.41, 5.74) is 0.707. The number of aromatic nitrogens is 1. The molecule has 0 unspecified atom stereocenters. The minimum atomic E-state index is 0.00313. The zero-order chi connectivity index (χ0) is 16.8. The molecule has 0 bridgehead atoms. The second kappa shape index (κ2) is 8.44. The quantitative estimate of drug-likeness (QED) is 0.790. The smallest absolute Gasteiger partial charge is 0.255 e. The van der Waals surface area contributed by atoms with Gasteiger partial charge in [0.25, 0.3) is 5.91 Å². The molecule has 2 fully saturated rings. The van der Waals surface area contributed by atoms with Crippen molar-refractivity contribution in [2.45, 2.75) is 19.3 Å². The molecule has 0 radical (unpaired) electrons. The summed E-state index contributed by atoms with van der Waals surface area (Å²) in [7, 11) is 2.17. The van der Waals surface area contributed by atoms with Gasteiger partial charge in [0.15, 0.2) is 0 Å². The van der Waals surface area contributed by atoms with Crippen LogP contribution in [-0.4, -0.2) is 80.1 Å². The van der Waals surface area contributed by atoms with E-state index in [2.05, 4.69) is 32.0 Å². The van der Waals surface area contributed by atoms with Crippen LogP contribution in [0.4, 0.5) is 5.82 Å². The normalized spacial score (nSPS) is 19.6. The Labute approximate surface area is 144 Å². The molecule has 132 valence electrons. The Morgan fingerprint density at radius 2 is 1.92 bits per heavy atom. The number of piperazine rings is 1. The molecule has 6 nitrogen and oxygen atoms in total. The molecule has 24 heavy (non-hydrogen) atoms. The second-order valence-corrected chi connectivity index (χ2v) is 6.82. The lowest BCUT2D eigenvalue weighted by Crippen LogP contribution is -2.45. The summed E-state index contributed by atoms with van der Waals surface area (Å²) in [5.74, 6) is 0.843. The first kappa shape index (κ1) is 17.2. The number of rotatable bonds is 6. The van der Waals surface area contributed by atoms with Crippen molar-refractivity contribution in [2.75, 3.05) is 64.3 Å². The predicted octanol–water partition coefficient (Wildman–Crippen LogP) is 1.05. The maximum absolute atomic E-state index is 12.5. The Balaban J connectivity index is 1.45. The van der Waals surface area contributed by atoms with Crippen molar-refractivity contribution in [3.8, 4) is 0 Å². The lowest BCUT2D eigenvalue weighted by Gasteiger charge is -2.32. The number of carbonyl (C=O) groups excluding carboxylic acids is 1. The average Bonchev–Trinajstić information content (AvgIpc) is 3.14. The van der Waals surface area contributed by atoms with Crippen LogP contribution in [-0.2, 0) is 0 Å². The second-order valence-electron chi connectivity index (χ2n) is 6.82. The topological polar surface area (TPSA) is 51.7 Å². The van der Waals surface area contributed by atoms with Crippen molar-refractivity contribution >= 4 is 11.7 Å². The molecule has 0 saturated carbocycles. The molecule has 1 N–H and O–H groups in total. The van der Waals surface area contributed by atoms with Crippen LogP contribution in [0.3, 0.4) is 0 Å². The van der Waals surface area contributed by atoms with Gasteiger partial charge >= 0.3 is 0 Å². The summed E-state index contributed by atoms with van der Waals surface area (Å²) in [6.07, 6.45) is 5.14. The molecule has 0 aromatic carbocycles. The van der Waals surface area contributed by atoms with Crippen LogP contribution in [0.2, 0.25) is 0 Å². The van der Waals surface area contributed by atoms with E-state index in [0.29, 0.717) is 5.56 Å². The summed E-state index contributed by atoms with van der Waals surface area (Å²) in [6.45, 7) is 8.32. The SMILES string of the molecule is CN1CCN(CCCNC(=O)c2cccnc2N2CCCC2)CC1. The van der Waals surface area contributed by atoms with E-state index < -0.39 is 0 Å². The molecule has 1 amide bonds. The van der Waals surface area contributed by atoms with Gasteiger partial charge in [0.2, 0.25) is 0 Å². The van der Waals surface area contributed by atoms with E-state index in [-0.39, 0.29) is 5.91 Å². The summed E-state index contributed by atoms with van der Waals surface area (Å²) < 4.78 is 0. The van der Waals surface area contributed by atoms with Gasteiger partial charge in [-0.05, 0) is 45.0 Å². The molecule has 2 saturated heterocycles. The Morgan fingerprint density at radius 1 is 1.17 bits per heavy atom. The maximum atomic E-state index is 12.5. The molecule has 1 aromatic heterocycles. The van der Waals surface area contributed by atoms with Crippen molar-refractivity contribution in [3.63, 3.8) is 0 Å². The number of nitrogens with zero attached hydrogens (tertiary/aromatic N) is 4. The number of nitrogens with one attached hydrogen (secondary N) is 1. The van der Waals surface area contributed by atoms with Crippen LogP contribution in [0.15, 0.2) is 18.3 Å². The number of pyridine rings is 1. The summed E-state index contributed by atoms with van der Waals surface area (Å²) in [4.78, 5) is 24.0. The van der Waals surface area contributed by atoms with Gasteiger partial charge in [-0.15, -0.1) is 0 Å². The molecular weight excluding hydrogens is 302 g/mol. The Kier molecular flexibility index (Phi) is 6.04. The summed E-state index contributed by atoms with van der Waals surface area (Å²) in [5, 5.41) is 3.07. The molecule has 3 rings (SSSR count). The van der Waals surface area contributed by atoms with Gasteiger partial charge in [-0.25, -0.2) is 4.98 Å². The molecule has 2 aliphatic heterocycles. The first-order valence-electron chi connectivity index (χ1n) is 9.13. The molecule has 0 atom stereocenters. The van der Waals surface area contributed by atoms with Crippen molar-refractivity contribution < 1.29 is 4.79 Å². The van der Waals surface area contributed by atoms with E-state index in [0.717, 1.165) is 64.6 Å². The molecular formula is C18H29N5O. The van der Waals surface area contributed by atoms with Crippen molar-refractivity contribution in [1.82, 2.24) is 20.1 Å². The van der Waals surface area contributed by atoms with Crippen LogP contribution >= 0.6 is 0 Å². The van der Waals surface area contributed by atoms with Crippen LogP contribution in [0.1, 0.15) is 29.6 Å². The number of carbonyl (C=O) groups is 1. The third-order valence-corrected chi connectivity index (χ3v) is 4.97. The lowest BCUT2D eigenvalue weighted by atomic mass is 10.2. The monoisotopic (exact) mass is 331 g/mol. The van der Waals surface area contributed by atoms with Gasteiger partial charge in [-0.3, -0.25) is 4.79 Å². The molecule has 1 aromatic rings. The first-order chi connectivity index (χ1) is 11.7. The number of hydrogen-bond acceptors (Lipinski definition) is 5. The van der Waals surface area contributed by atoms with Crippen molar-refractivity contribution in [2.24, 2.45) is 0 Å². The Morgan fingerprint density at radius 3 is 2.67 bits per heavy atom. The highest BCUT2D eigenvalue weighted by Gasteiger charge is 2.20. The summed E-state index contributed by atoms with van der Waals surface area (Å²) >= 11 is 0. The van der Waals surface area contributed by atoms with Gasteiger partial charge in [-0.2, -0.15) is 0 Å². The summed E-state index contributed by atoms with van der Waals surface area (Å²) in [6, 6.07) is 3.73. The Bertz CT molecular complexity index is 536. The van der Waals surface area contributed by atoms with Gasteiger partial charge in [0.05, 0.1) is 5.56 Å². The lowest BCUT2D eigenvalue weighted by molar-refractivity contribution is 0.0949. The fraction of sp³-hybridized carbons (Fsp3) is 0.667. The minimum Gasteiger partial charge on any atom is -0.356 e. The van der Waals surface area contributed by atoms with Gasteiger partial charge < -0.3 is 20.0 Å². The standard InChI is InChI=1S/C18H29N5O/c1-21-12-14-22(15-13-21)9-5-8-20-18(24)16-6-4-7-19-17(16)23-10-2-3-11-23/h4,6-7H,2-3,5,8-15H2,1H3,(H,20,24). The van der Waals surface area contributed by atoms with E-state index >= 15 is 0 Å². The molecule has 0 aliphatic carbocycles. The van der Waals surface area contributed by atoms with Crippen molar-refractivity contribution in [1.29, 1.82) is 0 Å². The third kappa shape index (κ3) is 4.45. The Hall–Kier alpha value is -1.66. The average molecular weight is 331 g/mol. The van der Waals surface area contributed by atoms with E-state index in [1.807, 2.05) is 12.1 Å². The number of amides is 1. The fourth-order valence-electron chi connectivity index (χ4n) is 3.43. The van der Waals surface area contributed by atoms with E-state index in [1.54, 1.807) is 6.20 Å². The van der Waals surface area contributed by atoms with Gasteiger partial charge in [-0.1, -0.05) is 0 Å². The largest absolute Gasteiger partial charge is 0.356 e. The number of hydrogen-bond donors (Lipinski definition) is 1. The molecule has 0 spiro atoms. The highest BCUT2D eigenvalue weighted by atomic mass is 16.1. The number of anilines is 1. The highest BCUT2D eigenvalue weighted by molar-refractivity contribution is 5.98. The fourth-order valence-corrected chi connectivity index (χ4v) is 3.43.